The van der Waals surface area contributed by atoms with Crippen molar-refractivity contribution in [2.45, 2.75) is 37.8 Å². The molecule has 0 aromatic carbocycles. The summed E-state index contributed by atoms with van der Waals surface area (Å²) in [6.07, 6.45) is 2.19. The standard InChI is InChI=1S/C9H14ClN3O3S/c1-3-6(9(11)14)13-5-8(17(10,15)16)12-7(13)4-2/h5-6H,3-4H2,1-2H3,(H2,11,14). The van der Waals surface area contributed by atoms with Crippen LogP contribution in [0.1, 0.15) is 32.1 Å². The largest absolute Gasteiger partial charge is 0.368 e. The summed E-state index contributed by atoms with van der Waals surface area (Å²) >= 11 is 0. The lowest BCUT2D eigenvalue weighted by molar-refractivity contribution is -0.121. The molecule has 0 aliphatic rings. The monoisotopic (exact) mass is 279 g/mol. The zero-order chi connectivity index (χ0) is 13.2. The second-order valence-electron chi connectivity index (χ2n) is 3.52. The fourth-order valence-electron chi connectivity index (χ4n) is 1.59. The Morgan fingerprint density at radius 3 is 2.53 bits per heavy atom. The number of nitrogens with zero attached hydrogens (tertiary/aromatic N) is 2. The molecule has 1 amide bonds. The van der Waals surface area contributed by atoms with Crippen molar-refractivity contribution in [1.29, 1.82) is 0 Å². The normalized spacial score (nSPS) is 13.6. The maximum absolute atomic E-state index is 11.2. The van der Waals surface area contributed by atoms with E-state index in [1.54, 1.807) is 13.8 Å². The first-order chi connectivity index (χ1) is 7.81. The van der Waals surface area contributed by atoms with Crippen molar-refractivity contribution in [3.05, 3.63) is 12.0 Å². The molecule has 0 bridgehead atoms. The topological polar surface area (TPSA) is 95.1 Å². The number of imidazole rings is 1. The predicted molar refractivity (Wildman–Crippen MR) is 63.2 cm³/mol. The summed E-state index contributed by atoms with van der Waals surface area (Å²) in [6, 6.07) is -0.607. The van der Waals surface area contributed by atoms with Gasteiger partial charge in [-0.15, -0.1) is 0 Å². The number of amides is 1. The van der Waals surface area contributed by atoms with Gasteiger partial charge in [-0.1, -0.05) is 13.8 Å². The molecule has 0 spiro atoms. The molecule has 0 radical (unpaired) electrons. The van der Waals surface area contributed by atoms with E-state index in [1.165, 1.54) is 10.8 Å². The van der Waals surface area contributed by atoms with Crippen LogP contribution >= 0.6 is 10.7 Å². The maximum Gasteiger partial charge on any atom is 0.280 e. The summed E-state index contributed by atoms with van der Waals surface area (Å²) < 4.78 is 23.8. The van der Waals surface area contributed by atoms with E-state index in [9.17, 15) is 13.2 Å². The summed E-state index contributed by atoms with van der Waals surface area (Å²) in [6.45, 7) is 3.58. The third kappa shape index (κ3) is 2.98. The highest BCUT2D eigenvalue weighted by Crippen LogP contribution is 2.20. The lowest BCUT2D eigenvalue weighted by Gasteiger charge is -2.14. The van der Waals surface area contributed by atoms with Crippen LogP contribution in [0.2, 0.25) is 0 Å². The second kappa shape index (κ2) is 5.05. The first-order valence-electron chi connectivity index (χ1n) is 5.13. The molecule has 1 heterocycles. The molecule has 96 valence electrons. The third-order valence-electron chi connectivity index (χ3n) is 2.40. The number of halogens is 1. The highest BCUT2D eigenvalue weighted by atomic mass is 35.7. The molecule has 0 fully saturated rings. The number of hydrogen-bond acceptors (Lipinski definition) is 4. The Hall–Kier alpha value is -1.08. The summed E-state index contributed by atoms with van der Waals surface area (Å²) in [7, 11) is 1.31. The van der Waals surface area contributed by atoms with Crippen LogP contribution < -0.4 is 5.73 Å². The quantitative estimate of drug-likeness (QED) is 0.807. The van der Waals surface area contributed by atoms with Gasteiger partial charge in [0.2, 0.25) is 5.91 Å². The Balaban J connectivity index is 3.33. The van der Waals surface area contributed by atoms with E-state index >= 15 is 0 Å². The van der Waals surface area contributed by atoms with E-state index in [-0.39, 0.29) is 5.03 Å². The summed E-state index contributed by atoms with van der Waals surface area (Å²) in [4.78, 5) is 15.1. The first-order valence-corrected chi connectivity index (χ1v) is 7.43. The second-order valence-corrected chi connectivity index (χ2v) is 6.03. The van der Waals surface area contributed by atoms with Gasteiger partial charge in [0, 0.05) is 23.3 Å². The van der Waals surface area contributed by atoms with Crippen molar-refractivity contribution in [1.82, 2.24) is 9.55 Å². The number of aromatic nitrogens is 2. The molecule has 1 unspecified atom stereocenters. The third-order valence-corrected chi connectivity index (χ3v) is 3.57. The Labute approximate surface area is 104 Å². The number of carbonyl (C=O) groups is 1. The van der Waals surface area contributed by atoms with Crippen molar-refractivity contribution in [3.63, 3.8) is 0 Å². The van der Waals surface area contributed by atoms with E-state index in [0.29, 0.717) is 18.7 Å². The average Bonchev–Trinajstić information content (AvgIpc) is 2.61. The van der Waals surface area contributed by atoms with Crippen molar-refractivity contribution in [2.75, 3.05) is 0 Å². The van der Waals surface area contributed by atoms with E-state index < -0.39 is 21.0 Å². The molecule has 1 aromatic rings. The van der Waals surface area contributed by atoms with Gasteiger partial charge in [-0.05, 0) is 6.42 Å². The highest BCUT2D eigenvalue weighted by Gasteiger charge is 2.23. The van der Waals surface area contributed by atoms with E-state index in [4.69, 9.17) is 16.4 Å². The molecule has 0 saturated carbocycles. The highest BCUT2D eigenvalue weighted by molar-refractivity contribution is 8.13. The molecule has 0 saturated heterocycles. The molecule has 0 aliphatic heterocycles. The zero-order valence-corrected chi connectivity index (χ0v) is 11.1. The molecular formula is C9H14ClN3O3S. The minimum atomic E-state index is -3.89. The summed E-state index contributed by atoms with van der Waals surface area (Å²) in [5, 5.41) is -0.254. The lowest BCUT2D eigenvalue weighted by Crippen LogP contribution is -2.26. The van der Waals surface area contributed by atoms with Gasteiger partial charge < -0.3 is 10.3 Å². The number of rotatable bonds is 5. The van der Waals surface area contributed by atoms with Crippen LogP contribution in [0.15, 0.2) is 11.2 Å². The Morgan fingerprint density at radius 1 is 1.59 bits per heavy atom. The van der Waals surface area contributed by atoms with Crippen LogP contribution in [0.4, 0.5) is 0 Å². The lowest BCUT2D eigenvalue weighted by atomic mass is 10.2. The number of primary amides is 1. The Morgan fingerprint density at radius 2 is 2.18 bits per heavy atom. The van der Waals surface area contributed by atoms with Gasteiger partial charge in [0.05, 0.1) is 0 Å². The van der Waals surface area contributed by atoms with Gasteiger partial charge in [-0.3, -0.25) is 4.79 Å². The Bertz CT molecular complexity index is 524. The molecule has 1 atom stereocenters. The van der Waals surface area contributed by atoms with Gasteiger partial charge in [0.1, 0.15) is 11.9 Å². The van der Waals surface area contributed by atoms with Crippen LogP contribution in [-0.2, 0) is 20.3 Å². The molecule has 1 rings (SSSR count). The van der Waals surface area contributed by atoms with Gasteiger partial charge >= 0.3 is 0 Å². The van der Waals surface area contributed by atoms with E-state index in [0.717, 1.165) is 0 Å². The molecule has 8 heteroatoms. The fraction of sp³-hybridized carbons (Fsp3) is 0.556. The minimum Gasteiger partial charge on any atom is -0.368 e. The van der Waals surface area contributed by atoms with Gasteiger partial charge in [-0.25, -0.2) is 13.4 Å². The molecule has 6 nitrogen and oxygen atoms in total. The van der Waals surface area contributed by atoms with Crippen LogP contribution in [-0.4, -0.2) is 23.9 Å². The summed E-state index contributed by atoms with van der Waals surface area (Å²) in [5.41, 5.74) is 5.25. The van der Waals surface area contributed by atoms with Gasteiger partial charge in [0.15, 0.2) is 5.03 Å². The number of carbonyl (C=O) groups excluding carboxylic acids is 1. The SMILES string of the molecule is CCc1nc(S(=O)(=O)Cl)cn1C(CC)C(N)=O. The average molecular weight is 280 g/mol. The van der Waals surface area contributed by atoms with Crippen LogP contribution in [0, 0.1) is 0 Å². The van der Waals surface area contributed by atoms with Crippen molar-refractivity contribution >= 4 is 25.6 Å². The molecular weight excluding hydrogens is 266 g/mol. The Kier molecular flexibility index (Phi) is 4.16. The van der Waals surface area contributed by atoms with Crippen LogP contribution in [0.5, 0.6) is 0 Å². The number of nitrogens with two attached hydrogens (primary N) is 1. The zero-order valence-electron chi connectivity index (χ0n) is 9.55. The van der Waals surface area contributed by atoms with Gasteiger partial charge in [0.25, 0.3) is 9.05 Å². The van der Waals surface area contributed by atoms with E-state index in [2.05, 4.69) is 4.98 Å². The molecule has 17 heavy (non-hydrogen) atoms. The van der Waals surface area contributed by atoms with E-state index in [1.807, 2.05) is 0 Å². The molecule has 2 N–H and O–H groups in total. The fourth-order valence-corrected chi connectivity index (χ4v) is 2.27. The van der Waals surface area contributed by atoms with Crippen molar-refractivity contribution in [2.24, 2.45) is 5.73 Å². The van der Waals surface area contributed by atoms with Crippen LogP contribution in [0.3, 0.4) is 0 Å². The minimum absolute atomic E-state index is 0.254. The first kappa shape index (κ1) is 14.0. The molecule has 0 aliphatic carbocycles. The van der Waals surface area contributed by atoms with Crippen molar-refractivity contribution in [3.8, 4) is 0 Å². The number of hydrogen-bond donors (Lipinski definition) is 1. The maximum atomic E-state index is 11.2. The predicted octanol–water partition coefficient (Wildman–Crippen LogP) is 0.809. The smallest absolute Gasteiger partial charge is 0.280 e. The van der Waals surface area contributed by atoms with Gasteiger partial charge in [-0.2, -0.15) is 0 Å². The summed E-state index contributed by atoms with van der Waals surface area (Å²) in [5.74, 6) is -0.0620. The van der Waals surface area contributed by atoms with Crippen LogP contribution in [0.25, 0.3) is 0 Å². The van der Waals surface area contributed by atoms with Crippen molar-refractivity contribution < 1.29 is 13.2 Å². The number of aryl methyl sites for hydroxylation is 1. The molecule has 1 aromatic heterocycles.